The number of carbonyl (C=O) groups is 1. The van der Waals surface area contributed by atoms with Crippen molar-refractivity contribution in [3.05, 3.63) is 71.8 Å². The Labute approximate surface area is 153 Å². The molecule has 0 heterocycles. The first-order valence-electron chi connectivity index (χ1n) is 9.40. The van der Waals surface area contributed by atoms with Crippen LogP contribution in [0.2, 0.25) is 18.1 Å². The lowest BCUT2D eigenvalue weighted by Gasteiger charge is -2.33. The summed E-state index contributed by atoms with van der Waals surface area (Å²) in [6.07, 6.45) is 0.774. The molecule has 2 aromatic rings. The Bertz CT molecular complexity index is 627. The van der Waals surface area contributed by atoms with E-state index < -0.39 is 8.32 Å². The van der Waals surface area contributed by atoms with Gasteiger partial charge in [0, 0.05) is 12.8 Å². The van der Waals surface area contributed by atoms with E-state index in [1.165, 1.54) is 5.56 Å². The molecule has 25 heavy (non-hydrogen) atoms. The largest absolute Gasteiger partial charge is 0.407 e. The smallest absolute Gasteiger partial charge is 0.193 e. The van der Waals surface area contributed by atoms with Gasteiger partial charge in [0.05, 0.1) is 0 Å². The van der Waals surface area contributed by atoms with E-state index in [1.807, 2.05) is 48.5 Å². The van der Waals surface area contributed by atoms with Crippen LogP contribution in [0.15, 0.2) is 60.7 Å². The van der Waals surface area contributed by atoms with Crippen LogP contribution in [-0.2, 0) is 22.1 Å². The SMILES string of the molecule is CC[Si](CC)(CC)OC(Cc1ccccc1)C(=O)Cc1ccccc1. The maximum Gasteiger partial charge on any atom is 0.193 e. The molecular weight excluding hydrogens is 324 g/mol. The van der Waals surface area contributed by atoms with E-state index in [2.05, 4.69) is 32.9 Å². The number of hydrogen-bond donors (Lipinski definition) is 0. The van der Waals surface area contributed by atoms with Gasteiger partial charge in [-0.25, -0.2) is 0 Å². The molecule has 0 saturated carbocycles. The zero-order chi connectivity index (χ0) is 18.1. The second-order valence-electron chi connectivity index (χ2n) is 6.67. The average Bonchev–Trinajstić information content (AvgIpc) is 2.67. The zero-order valence-electron chi connectivity index (χ0n) is 15.7. The molecule has 0 radical (unpaired) electrons. The first kappa shape index (κ1) is 19.6. The summed E-state index contributed by atoms with van der Waals surface area (Å²) in [5.74, 6) is 0.197. The summed E-state index contributed by atoms with van der Waals surface area (Å²) in [5.41, 5.74) is 2.23. The maximum atomic E-state index is 13.0. The first-order valence-corrected chi connectivity index (χ1v) is 11.9. The Morgan fingerprint density at radius 3 is 1.80 bits per heavy atom. The zero-order valence-corrected chi connectivity index (χ0v) is 16.7. The van der Waals surface area contributed by atoms with Crippen molar-refractivity contribution < 1.29 is 9.22 Å². The van der Waals surface area contributed by atoms with Gasteiger partial charge in [-0.05, 0) is 29.3 Å². The summed E-state index contributed by atoms with van der Waals surface area (Å²) in [7, 11) is -1.84. The Morgan fingerprint density at radius 2 is 1.32 bits per heavy atom. The average molecular weight is 355 g/mol. The normalized spacial score (nSPS) is 12.8. The van der Waals surface area contributed by atoms with Crippen molar-refractivity contribution in [2.45, 2.75) is 57.8 Å². The molecular formula is C22H30O2Si. The summed E-state index contributed by atoms with van der Waals surface area (Å²) in [5, 5.41) is 0. The van der Waals surface area contributed by atoms with Crippen LogP contribution in [0.5, 0.6) is 0 Å². The number of carbonyl (C=O) groups excluding carboxylic acids is 1. The predicted octanol–water partition coefficient (Wildman–Crippen LogP) is 5.43. The van der Waals surface area contributed by atoms with Gasteiger partial charge in [0.1, 0.15) is 6.10 Å². The van der Waals surface area contributed by atoms with Crippen LogP contribution in [-0.4, -0.2) is 20.2 Å². The Balaban J connectivity index is 2.20. The third-order valence-electron chi connectivity index (χ3n) is 5.17. The van der Waals surface area contributed by atoms with E-state index in [9.17, 15) is 4.79 Å². The molecule has 0 aliphatic rings. The number of hydrogen-bond acceptors (Lipinski definition) is 2. The van der Waals surface area contributed by atoms with Crippen molar-refractivity contribution in [1.82, 2.24) is 0 Å². The molecule has 0 aliphatic heterocycles. The number of rotatable bonds is 10. The quantitative estimate of drug-likeness (QED) is 0.532. The molecule has 2 rings (SSSR count). The van der Waals surface area contributed by atoms with E-state index >= 15 is 0 Å². The topological polar surface area (TPSA) is 26.3 Å². The molecule has 0 amide bonds. The van der Waals surface area contributed by atoms with Crippen molar-refractivity contribution in [3.8, 4) is 0 Å². The monoisotopic (exact) mass is 354 g/mol. The molecule has 1 atom stereocenters. The first-order chi connectivity index (χ1) is 12.1. The highest BCUT2D eigenvalue weighted by molar-refractivity contribution is 6.73. The third kappa shape index (κ3) is 5.65. The molecule has 0 aromatic heterocycles. The van der Waals surface area contributed by atoms with E-state index in [0.29, 0.717) is 12.8 Å². The Hall–Kier alpha value is -1.71. The molecule has 1 unspecified atom stereocenters. The van der Waals surface area contributed by atoms with E-state index in [4.69, 9.17) is 4.43 Å². The molecule has 0 aliphatic carbocycles. The number of benzene rings is 2. The van der Waals surface area contributed by atoms with Crippen molar-refractivity contribution >= 4 is 14.1 Å². The Morgan fingerprint density at radius 1 is 0.840 bits per heavy atom. The van der Waals surface area contributed by atoms with Gasteiger partial charge in [0.15, 0.2) is 14.1 Å². The molecule has 2 nitrogen and oxygen atoms in total. The molecule has 2 aromatic carbocycles. The molecule has 0 saturated heterocycles. The summed E-state index contributed by atoms with van der Waals surface area (Å²) in [6, 6.07) is 23.4. The van der Waals surface area contributed by atoms with Crippen LogP contribution in [0.4, 0.5) is 0 Å². The van der Waals surface area contributed by atoms with Crippen molar-refractivity contribution in [3.63, 3.8) is 0 Å². The Kier molecular flexibility index (Phi) is 7.60. The van der Waals surface area contributed by atoms with Gasteiger partial charge in [0.2, 0.25) is 0 Å². The van der Waals surface area contributed by atoms with E-state index in [-0.39, 0.29) is 11.9 Å². The summed E-state index contributed by atoms with van der Waals surface area (Å²) < 4.78 is 6.61. The van der Waals surface area contributed by atoms with Gasteiger partial charge < -0.3 is 4.43 Å². The fourth-order valence-electron chi connectivity index (χ4n) is 3.26. The van der Waals surface area contributed by atoms with Crippen LogP contribution in [0.3, 0.4) is 0 Å². The van der Waals surface area contributed by atoms with Crippen molar-refractivity contribution in [2.75, 3.05) is 0 Å². The molecule has 0 fully saturated rings. The van der Waals surface area contributed by atoms with Crippen LogP contribution in [0.1, 0.15) is 31.9 Å². The van der Waals surface area contributed by atoms with Gasteiger partial charge >= 0.3 is 0 Å². The lowest BCUT2D eigenvalue weighted by molar-refractivity contribution is -0.125. The van der Waals surface area contributed by atoms with E-state index in [1.54, 1.807) is 0 Å². The summed E-state index contributed by atoms with van der Waals surface area (Å²) in [4.78, 5) is 13.0. The van der Waals surface area contributed by atoms with Crippen molar-refractivity contribution in [1.29, 1.82) is 0 Å². The minimum Gasteiger partial charge on any atom is -0.407 e. The fourth-order valence-corrected chi connectivity index (χ4v) is 6.08. The molecule has 3 heteroatoms. The van der Waals surface area contributed by atoms with E-state index in [0.717, 1.165) is 23.7 Å². The van der Waals surface area contributed by atoms with Crippen LogP contribution < -0.4 is 0 Å². The lowest BCUT2D eigenvalue weighted by atomic mass is 10.0. The van der Waals surface area contributed by atoms with Crippen LogP contribution >= 0.6 is 0 Å². The predicted molar refractivity (Wildman–Crippen MR) is 107 cm³/mol. The van der Waals surface area contributed by atoms with Crippen LogP contribution in [0, 0.1) is 0 Å². The minimum atomic E-state index is -1.84. The summed E-state index contributed by atoms with van der Waals surface area (Å²) in [6.45, 7) is 6.63. The number of ketones is 1. The van der Waals surface area contributed by atoms with Crippen LogP contribution in [0.25, 0.3) is 0 Å². The molecule has 134 valence electrons. The maximum absolute atomic E-state index is 13.0. The highest BCUT2D eigenvalue weighted by Crippen LogP contribution is 2.25. The van der Waals surface area contributed by atoms with Gasteiger partial charge in [0.25, 0.3) is 0 Å². The highest BCUT2D eigenvalue weighted by atomic mass is 28.4. The fraction of sp³-hybridized carbons (Fsp3) is 0.409. The second kappa shape index (κ2) is 9.69. The molecule has 0 N–H and O–H groups in total. The lowest BCUT2D eigenvalue weighted by Crippen LogP contribution is -2.44. The van der Waals surface area contributed by atoms with Gasteiger partial charge in [-0.1, -0.05) is 81.4 Å². The van der Waals surface area contributed by atoms with Gasteiger partial charge in [-0.2, -0.15) is 0 Å². The minimum absolute atomic E-state index is 0.197. The molecule has 0 spiro atoms. The second-order valence-corrected chi connectivity index (χ2v) is 11.4. The van der Waals surface area contributed by atoms with Crippen molar-refractivity contribution in [2.24, 2.45) is 0 Å². The van der Waals surface area contributed by atoms with Gasteiger partial charge in [-0.15, -0.1) is 0 Å². The molecule has 0 bridgehead atoms. The standard InChI is InChI=1S/C22H30O2Si/c1-4-25(5-2,6-3)24-22(18-20-15-11-8-12-16-20)21(23)17-19-13-9-7-10-14-19/h7-16,22H,4-6,17-18H2,1-3H3. The van der Waals surface area contributed by atoms with Gasteiger partial charge in [-0.3, -0.25) is 4.79 Å². The highest BCUT2D eigenvalue weighted by Gasteiger charge is 2.34. The summed E-state index contributed by atoms with van der Waals surface area (Å²) >= 11 is 0. The number of Topliss-reactive ketones (excluding diaryl/α,β-unsaturated/α-hetero) is 1. The third-order valence-corrected chi connectivity index (χ3v) is 9.82.